The molecule has 0 bridgehead atoms. The SMILES string of the molecule is CCONC(=O)c1nnc(Nc2cc(C)nc(C)n2)cc1Nc1cccc(-c2ncc(F)cn2)c1OC. The average molecular weight is 506 g/mol. The summed E-state index contributed by atoms with van der Waals surface area (Å²) in [6.45, 7) is 5.63. The Morgan fingerprint density at radius 2 is 1.78 bits per heavy atom. The fourth-order valence-corrected chi connectivity index (χ4v) is 3.44. The van der Waals surface area contributed by atoms with Crippen molar-refractivity contribution in [1.82, 2.24) is 35.6 Å². The van der Waals surface area contributed by atoms with Crippen LogP contribution in [-0.2, 0) is 4.84 Å². The number of rotatable bonds is 9. The van der Waals surface area contributed by atoms with Crippen LogP contribution >= 0.6 is 0 Å². The van der Waals surface area contributed by atoms with Crippen LogP contribution in [0.1, 0.15) is 28.9 Å². The molecule has 0 unspecified atom stereocenters. The quantitative estimate of drug-likeness (QED) is 0.286. The molecule has 4 rings (SSSR count). The Bertz CT molecular complexity index is 1400. The van der Waals surface area contributed by atoms with E-state index in [1.807, 2.05) is 6.92 Å². The number of aromatic nitrogens is 6. The summed E-state index contributed by atoms with van der Waals surface area (Å²) in [5.74, 6) is 0.911. The topological polar surface area (TPSA) is 149 Å². The monoisotopic (exact) mass is 505 g/mol. The van der Waals surface area contributed by atoms with E-state index in [9.17, 15) is 9.18 Å². The molecule has 3 N–H and O–H groups in total. The van der Waals surface area contributed by atoms with Crippen molar-refractivity contribution in [3.63, 3.8) is 0 Å². The third-order valence-corrected chi connectivity index (χ3v) is 4.89. The van der Waals surface area contributed by atoms with E-state index in [4.69, 9.17) is 9.57 Å². The number of benzene rings is 1. The number of anilines is 4. The lowest BCUT2D eigenvalue weighted by atomic mass is 10.1. The second-order valence-corrected chi connectivity index (χ2v) is 7.66. The number of hydrogen-bond donors (Lipinski definition) is 3. The number of hydroxylamine groups is 1. The van der Waals surface area contributed by atoms with E-state index in [1.165, 1.54) is 7.11 Å². The zero-order chi connectivity index (χ0) is 26.4. The van der Waals surface area contributed by atoms with Crippen LogP contribution < -0.4 is 20.9 Å². The molecular weight excluding hydrogens is 481 g/mol. The highest BCUT2D eigenvalue weighted by molar-refractivity contribution is 5.98. The maximum absolute atomic E-state index is 13.4. The predicted octanol–water partition coefficient (Wildman–Crippen LogP) is 3.66. The molecule has 13 heteroatoms. The van der Waals surface area contributed by atoms with Crippen molar-refractivity contribution in [2.45, 2.75) is 20.8 Å². The van der Waals surface area contributed by atoms with Crippen LogP contribution in [0.25, 0.3) is 11.4 Å². The number of carbonyl (C=O) groups excluding carboxylic acids is 1. The molecule has 0 fully saturated rings. The van der Waals surface area contributed by atoms with Gasteiger partial charge in [0.05, 0.1) is 43.0 Å². The average Bonchev–Trinajstić information content (AvgIpc) is 2.87. The highest BCUT2D eigenvalue weighted by Crippen LogP contribution is 2.37. The number of ether oxygens (including phenoxy) is 1. The van der Waals surface area contributed by atoms with Gasteiger partial charge in [-0.05, 0) is 32.9 Å². The summed E-state index contributed by atoms with van der Waals surface area (Å²) < 4.78 is 19.0. The van der Waals surface area contributed by atoms with E-state index in [0.29, 0.717) is 40.1 Å². The molecular formula is C24H24FN9O3. The summed E-state index contributed by atoms with van der Waals surface area (Å²) >= 11 is 0. The Morgan fingerprint density at radius 3 is 2.49 bits per heavy atom. The number of halogens is 1. The van der Waals surface area contributed by atoms with Gasteiger partial charge >= 0.3 is 0 Å². The highest BCUT2D eigenvalue weighted by Gasteiger charge is 2.20. The Morgan fingerprint density at radius 1 is 1.00 bits per heavy atom. The van der Waals surface area contributed by atoms with Crippen molar-refractivity contribution >= 4 is 28.9 Å². The fourth-order valence-electron chi connectivity index (χ4n) is 3.44. The van der Waals surface area contributed by atoms with Gasteiger partial charge in [0.2, 0.25) is 0 Å². The Kier molecular flexibility index (Phi) is 7.74. The van der Waals surface area contributed by atoms with Gasteiger partial charge in [-0.1, -0.05) is 6.07 Å². The number of hydrogen-bond acceptors (Lipinski definition) is 11. The summed E-state index contributed by atoms with van der Waals surface area (Å²) in [5.41, 5.74) is 4.36. The van der Waals surface area contributed by atoms with Crippen molar-refractivity contribution in [3.8, 4) is 17.1 Å². The van der Waals surface area contributed by atoms with Crippen molar-refractivity contribution in [3.05, 3.63) is 65.8 Å². The van der Waals surface area contributed by atoms with Crippen molar-refractivity contribution in [2.75, 3.05) is 24.4 Å². The summed E-state index contributed by atoms with van der Waals surface area (Å²) in [7, 11) is 1.48. The first kappa shape index (κ1) is 25.3. The molecule has 0 radical (unpaired) electrons. The van der Waals surface area contributed by atoms with Crippen LogP contribution in [0.2, 0.25) is 0 Å². The molecule has 0 saturated carbocycles. The maximum atomic E-state index is 13.4. The van der Waals surface area contributed by atoms with Gasteiger partial charge in [-0.2, -0.15) is 0 Å². The second kappa shape index (κ2) is 11.3. The fraction of sp³-hybridized carbons (Fsp3) is 0.208. The van der Waals surface area contributed by atoms with E-state index in [-0.39, 0.29) is 18.1 Å². The van der Waals surface area contributed by atoms with Gasteiger partial charge in [-0.15, -0.1) is 10.2 Å². The lowest BCUT2D eigenvalue weighted by Gasteiger charge is -2.17. The van der Waals surface area contributed by atoms with E-state index >= 15 is 0 Å². The zero-order valence-electron chi connectivity index (χ0n) is 20.5. The Balaban J connectivity index is 1.74. The zero-order valence-corrected chi connectivity index (χ0v) is 20.5. The summed E-state index contributed by atoms with van der Waals surface area (Å²) in [5, 5.41) is 14.5. The van der Waals surface area contributed by atoms with Crippen LogP contribution in [0.15, 0.2) is 42.7 Å². The van der Waals surface area contributed by atoms with Crippen LogP contribution in [0.5, 0.6) is 5.75 Å². The smallest absolute Gasteiger partial charge is 0.297 e. The van der Waals surface area contributed by atoms with Crippen LogP contribution in [0, 0.1) is 19.7 Å². The van der Waals surface area contributed by atoms with Gasteiger partial charge in [0, 0.05) is 17.8 Å². The molecule has 190 valence electrons. The summed E-state index contributed by atoms with van der Waals surface area (Å²) in [6, 6.07) is 8.57. The van der Waals surface area contributed by atoms with Gasteiger partial charge in [-0.25, -0.2) is 29.8 Å². The van der Waals surface area contributed by atoms with E-state index in [1.54, 1.807) is 44.2 Å². The second-order valence-electron chi connectivity index (χ2n) is 7.66. The van der Waals surface area contributed by atoms with Gasteiger partial charge in [0.1, 0.15) is 11.6 Å². The molecule has 0 aliphatic heterocycles. The van der Waals surface area contributed by atoms with E-state index < -0.39 is 11.7 Å². The molecule has 0 atom stereocenters. The first-order valence-corrected chi connectivity index (χ1v) is 11.2. The van der Waals surface area contributed by atoms with Crippen LogP contribution in [0.4, 0.5) is 27.4 Å². The number of para-hydroxylation sites is 1. The molecule has 3 aromatic heterocycles. The first-order chi connectivity index (χ1) is 17.9. The number of amides is 1. The minimum absolute atomic E-state index is 0.0282. The molecule has 12 nitrogen and oxygen atoms in total. The predicted molar refractivity (Wildman–Crippen MR) is 133 cm³/mol. The Labute approximate surface area is 211 Å². The minimum Gasteiger partial charge on any atom is -0.494 e. The molecule has 3 heterocycles. The summed E-state index contributed by atoms with van der Waals surface area (Å²) in [4.78, 5) is 34.5. The molecule has 4 aromatic rings. The van der Waals surface area contributed by atoms with Crippen molar-refractivity contribution < 1.29 is 18.8 Å². The number of nitrogens with one attached hydrogen (secondary N) is 3. The van der Waals surface area contributed by atoms with Crippen molar-refractivity contribution in [1.29, 1.82) is 0 Å². The number of aryl methyl sites for hydroxylation is 2. The minimum atomic E-state index is -0.603. The van der Waals surface area contributed by atoms with Crippen LogP contribution in [0.3, 0.4) is 0 Å². The van der Waals surface area contributed by atoms with E-state index in [0.717, 1.165) is 18.1 Å². The van der Waals surface area contributed by atoms with Gasteiger partial charge in [0.15, 0.2) is 28.9 Å². The molecule has 0 saturated heterocycles. The number of nitrogens with zero attached hydrogens (tertiary/aromatic N) is 6. The summed E-state index contributed by atoms with van der Waals surface area (Å²) in [6.07, 6.45) is 2.14. The van der Waals surface area contributed by atoms with Gasteiger partial charge in [0.25, 0.3) is 5.91 Å². The molecule has 0 aliphatic carbocycles. The number of carbonyl (C=O) groups is 1. The van der Waals surface area contributed by atoms with Gasteiger partial charge < -0.3 is 15.4 Å². The normalized spacial score (nSPS) is 10.6. The standard InChI is InChI=1S/C24H24FN9O3/c1-5-37-34-24(35)21-18(10-20(32-33-21)31-19-9-13(2)28-14(3)29-19)30-17-8-6-7-16(22(17)36-4)23-26-11-15(25)12-27-23/h6-12H,5H2,1-4H3,(H,34,35)(H2,28,29,30,31,32). The lowest BCUT2D eigenvalue weighted by molar-refractivity contribution is 0.0360. The molecule has 1 aromatic carbocycles. The lowest BCUT2D eigenvalue weighted by Crippen LogP contribution is -2.26. The third-order valence-electron chi connectivity index (χ3n) is 4.89. The molecule has 37 heavy (non-hydrogen) atoms. The molecule has 1 amide bonds. The molecule has 0 spiro atoms. The molecule has 0 aliphatic rings. The maximum Gasteiger partial charge on any atom is 0.297 e. The first-order valence-electron chi connectivity index (χ1n) is 11.2. The Hall–Kier alpha value is -4.78. The number of methoxy groups -OCH3 is 1. The van der Waals surface area contributed by atoms with Crippen LogP contribution in [-0.4, -0.2) is 49.8 Å². The highest BCUT2D eigenvalue weighted by atomic mass is 19.1. The van der Waals surface area contributed by atoms with Gasteiger partial charge in [-0.3, -0.25) is 9.63 Å². The van der Waals surface area contributed by atoms with Crippen molar-refractivity contribution in [2.24, 2.45) is 0 Å². The third kappa shape index (κ3) is 6.08. The van der Waals surface area contributed by atoms with E-state index in [2.05, 4.69) is 46.2 Å². The largest absolute Gasteiger partial charge is 0.494 e.